The molecule has 1 aliphatic rings. The molecule has 2 amide bonds. The van der Waals surface area contributed by atoms with Crippen molar-refractivity contribution in [3.05, 3.63) is 0 Å². The Hall–Kier alpha value is -1.30. The molecule has 1 unspecified atom stereocenters. The third kappa shape index (κ3) is 6.23. The van der Waals surface area contributed by atoms with E-state index in [2.05, 4.69) is 24.3 Å². The molecule has 2 N–H and O–H groups in total. The Labute approximate surface area is 121 Å². The standard InChI is InChI=1S/C14H27N3O3/c1-11(4-5-13(18)19)15-14(20)17-8-6-12(7-9-17)10-16(2)3/h11-12H,4-10H2,1-3H3,(H,15,20)(H,18,19). The van der Waals surface area contributed by atoms with Crippen LogP contribution in [0.4, 0.5) is 4.79 Å². The Morgan fingerprint density at radius 3 is 2.45 bits per heavy atom. The third-order valence-corrected chi connectivity index (χ3v) is 3.69. The second kappa shape index (κ2) is 8.09. The topological polar surface area (TPSA) is 72.9 Å². The molecule has 0 aromatic carbocycles. The van der Waals surface area contributed by atoms with Crippen molar-refractivity contribution in [1.29, 1.82) is 0 Å². The molecule has 1 rings (SSSR count). The van der Waals surface area contributed by atoms with E-state index in [1.54, 1.807) is 0 Å². The average molecular weight is 285 g/mol. The zero-order valence-corrected chi connectivity index (χ0v) is 12.8. The van der Waals surface area contributed by atoms with E-state index in [1.165, 1.54) is 0 Å². The molecule has 1 fully saturated rings. The first-order valence-corrected chi connectivity index (χ1v) is 7.30. The molecule has 1 aliphatic heterocycles. The minimum absolute atomic E-state index is 0.0637. The summed E-state index contributed by atoms with van der Waals surface area (Å²) < 4.78 is 0. The highest BCUT2D eigenvalue weighted by Crippen LogP contribution is 2.17. The predicted molar refractivity (Wildman–Crippen MR) is 77.7 cm³/mol. The van der Waals surface area contributed by atoms with Crippen LogP contribution in [-0.4, -0.2) is 66.7 Å². The molecule has 0 aromatic heterocycles. The number of carboxylic acids is 1. The molecule has 1 atom stereocenters. The van der Waals surface area contributed by atoms with Gasteiger partial charge in [0.1, 0.15) is 0 Å². The Bertz CT molecular complexity index is 326. The van der Waals surface area contributed by atoms with E-state index in [0.29, 0.717) is 12.3 Å². The Kier molecular flexibility index (Phi) is 6.78. The summed E-state index contributed by atoms with van der Waals surface area (Å²) in [6.07, 6.45) is 2.63. The molecule has 1 saturated heterocycles. The van der Waals surface area contributed by atoms with E-state index in [4.69, 9.17) is 5.11 Å². The summed E-state index contributed by atoms with van der Waals surface area (Å²) >= 11 is 0. The lowest BCUT2D eigenvalue weighted by molar-refractivity contribution is -0.137. The van der Waals surface area contributed by atoms with Crippen LogP contribution in [0.1, 0.15) is 32.6 Å². The summed E-state index contributed by atoms with van der Waals surface area (Å²) in [6, 6.07) is -0.163. The number of hydrogen-bond acceptors (Lipinski definition) is 3. The van der Waals surface area contributed by atoms with Crippen LogP contribution in [0.15, 0.2) is 0 Å². The zero-order chi connectivity index (χ0) is 15.1. The van der Waals surface area contributed by atoms with Crippen molar-refractivity contribution in [3.63, 3.8) is 0 Å². The Morgan fingerprint density at radius 2 is 1.95 bits per heavy atom. The quantitative estimate of drug-likeness (QED) is 0.769. The Balaban J connectivity index is 2.26. The number of nitrogens with zero attached hydrogens (tertiary/aromatic N) is 2. The van der Waals surface area contributed by atoms with Crippen LogP contribution in [-0.2, 0) is 4.79 Å². The molecule has 6 nitrogen and oxygen atoms in total. The summed E-state index contributed by atoms with van der Waals surface area (Å²) in [5.41, 5.74) is 0. The summed E-state index contributed by atoms with van der Waals surface area (Å²) in [6.45, 7) is 4.50. The number of carboxylic acid groups (broad SMARTS) is 1. The maximum Gasteiger partial charge on any atom is 0.317 e. The fraction of sp³-hybridized carbons (Fsp3) is 0.857. The van der Waals surface area contributed by atoms with E-state index in [-0.39, 0.29) is 18.5 Å². The minimum atomic E-state index is -0.824. The number of rotatable bonds is 6. The van der Waals surface area contributed by atoms with E-state index in [9.17, 15) is 9.59 Å². The molecule has 0 spiro atoms. The van der Waals surface area contributed by atoms with Crippen molar-refractivity contribution in [2.45, 2.75) is 38.6 Å². The normalized spacial score (nSPS) is 18.1. The van der Waals surface area contributed by atoms with Gasteiger partial charge in [0.2, 0.25) is 0 Å². The Morgan fingerprint density at radius 1 is 1.35 bits per heavy atom. The highest BCUT2D eigenvalue weighted by Gasteiger charge is 2.23. The molecule has 0 bridgehead atoms. The molecule has 0 aromatic rings. The maximum absolute atomic E-state index is 12.0. The summed E-state index contributed by atoms with van der Waals surface area (Å²) in [5, 5.41) is 11.5. The molecule has 1 heterocycles. The highest BCUT2D eigenvalue weighted by molar-refractivity contribution is 5.74. The third-order valence-electron chi connectivity index (χ3n) is 3.69. The van der Waals surface area contributed by atoms with Gasteiger partial charge in [-0.2, -0.15) is 0 Å². The minimum Gasteiger partial charge on any atom is -0.481 e. The number of likely N-dealkylation sites (tertiary alicyclic amines) is 1. The number of piperidine rings is 1. The fourth-order valence-corrected chi connectivity index (χ4v) is 2.55. The number of amides is 2. The van der Waals surface area contributed by atoms with Crippen LogP contribution < -0.4 is 5.32 Å². The molecule has 6 heteroatoms. The van der Waals surface area contributed by atoms with Crippen LogP contribution in [0, 0.1) is 5.92 Å². The maximum atomic E-state index is 12.0. The van der Waals surface area contributed by atoms with E-state index in [0.717, 1.165) is 32.5 Å². The van der Waals surface area contributed by atoms with Crippen LogP contribution >= 0.6 is 0 Å². The lowest BCUT2D eigenvalue weighted by Crippen LogP contribution is -2.48. The van der Waals surface area contributed by atoms with Gasteiger partial charge in [-0.15, -0.1) is 0 Å². The number of aliphatic carboxylic acids is 1. The molecule has 0 saturated carbocycles. The summed E-state index contributed by atoms with van der Waals surface area (Å²) in [4.78, 5) is 26.6. The lowest BCUT2D eigenvalue weighted by atomic mass is 9.96. The predicted octanol–water partition coefficient (Wildman–Crippen LogP) is 1.22. The van der Waals surface area contributed by atoms with Gasteiger partial charge in [-0.05, 0) is 46.2 Å². The fourth-order valence-electron chi connectivity index (χ4n) is 2.55. The number of carbonyl (C=O) groups excluding carboxylic acids is 1. The van der Waals surface area contributed by atoms with Crippen LogP contribution in [0.3, 0.4) is 0 Å². The molecule has 0 radical (unpaired) electrons. The number of hydrogen-bond donors (Lipinski definition) is 2. The van der Waals surface area contributed by atoms with E-state index < -0.39 is 5.97 Å². The van der Waals surface area contributed by atoms with Gasteiger partial charge in [0.25, 0.3) is 0 Å². The van der Waals surface area contributed by atoms with Crippen molar-refractivity contribution < 1.29 is 14.7 Å². The summed E-state index contributed by atoms with van der Waals surface area (Å²) in [7, 11) is 4.15. The van der Waals surface area contributed by atoms with Crippen molar-refractivity contribution in [2.75, 3.05) is 33.7 Å². The van der Waals surface area contributed by atoms with Gasteiger partial charge in [0.05, 0.1) is 0 Å². The number of urea groups is 1. The van der Waals surface area contributed by atoms with Crippen LogP contribution in [0.5, 0.6) is 0 Å². The van der Waals surface area contributed by atoms with Crippen molar-refractivity contribution in [1.82, 2.24) is 15.1 Å². The van der Waals surface area contributed by atoms with Gasteiger partial charge in [0, 0.05) is 32.1 Å². The van der Waals surface area contributed by atoms with Crippen LogP contribution in [0.2, 0.25) is 0 Å². The zero-order valence-electron chi connectivity index (χ0n) is 12.8. The molecule has 116 valence electrons. The van der Waals surface area contributed by atoms with Gasteiger partial charge in [0.15, 0.2) is 0 Å². The van der Waals surface area contributed by atoms with Gasteiger partial charge in [-0.3, -0.25) is 4.79 Å². The lowest BCUT2D eigenvalue weighted by Gasteiger charge is -2.33. The monoisotopic (exact) mass is 285 g/mol. The second-order valence-electron chi connectivity index (χ2n) is 5.98. The molecular formula is C14H27N3O3. The second-order valence-corrected chi connectivity index (χ2v) is 5.98. The van der Waals surface area contributed by atoms with Crippen LogP contribution in [0.25, 0.3) is 0 Å². The van der Waals surface area contributed by atoms with Crippen molar-refractivity contribution in [2.24, 2.45) is 5.92 Å². The van der Waals surface area contributed by atoms with E-state index >= 15 is 0 Å². The largest absolute Gasteiger partial charge is 0.481 e. The van der Waals surface area contributed by atoms with Gasteiger partial charge in [-0.1, -0.05) is 0 Å². The van der Waals surface area contributed by atoms with E-state index in [1.807, 2.05) is 11.8 Å². The first kappa shape index (κ1) is 16.8. The number of nitrogens with one attached hydrogen (secondary N) is 1. The van der Waals surface area contributed by atoms with Gasteiger partial charge >= 0.3 is 12.0 Å². The van der Waals surface area contributed by atoms with Gasteiger partial charge in [-0.25, -0.2) is 4.79 Å². The first-order chi connectivity index (χ1) is 9.38. The van der Waals surface area contributed by atoms with Gasteiger partial charge < -0.3 is 20.2 Å². The smallest absolute Gasteiger partial charge is 0.317 e. The highest BCUT2D eigenvalue weighted by atomic mass is 16.4. The van der Waals surface area contributed by atoms with Crippen molar-refractivity contribution in [3.8, 4) is 0 Å². The average Bonchev–Trinajstić information content (AvgIpc) is 2.36. The van der Waals surface area contributed by atoms with Crippen molar-refractivity contribution >= 4 is 12.0 Å². The summed E-state index contributed by atoms with van der Waals surface area (Å²) in [5.74, 6) is -0.158. The molecule has 20 heavy (non-hydrogen) atoms. The molecular weight excluding hydrogens is 258 g/mol. The first-order valence-electron chi connectivity index (χ1n) is 7.30. The SMILES string of the molecule is CC(CCC(=O)O)NC(=O)N1CCC(CN(C)C)CC1. The molecule has 0 aliphatic carbocycles. The number of carbonyl (C=O) groups is 2.